The molecule has 3 N–H and O–H groups in total. The highest BCUT2D eigenvalue weighted by Crippen LogP contribution is 2.15. The van der Waals surface area contributed by atoms with Crippen LogP contribution < -0.4 is 10.6 Å². The van der Waals surface area contributed by atoms with E-state index in [1.54, 1.807) is 30.3 Å². The third-order valence-corrected chi connectivity index (χ3v) is 3.44. The van der Waals surface area contributed by atoms with Crippen molar-refractivity contribution in [1.29, 1.82) is 0 Å². The molecule has 0 amide bonds. The third-order valence-electron chi connectivity index (χ3n) is 3.44. The van der Waals surface area contributed by atoms with E-state index in [-0.39, 0.29) is 48.4 Å². The van der Waals surface area contributed by atoms with Crippen molar-refractivity contribution in [1.82, 2.24) is 10.6 Å². The van der Waals surface area contributed by atoms with E-state index >= 15 is 0 Å². The number of rotatable bonds is 6. The lowest BCUT2D eigenvalue weighted by atomic mass is 10.1. The predicted octanol–water partition coefficient (Wildman–Crippen LogP) is 3.37. The second kappa shape index (κ2) is 11.0. The summed E-state index contributed by atoms with van der Waals surface area (Å²) in [6, 6.07) is 12.5. The standard InChI is InChI=1S/C18H21F2N3O.HI/c1-2-21-18(22-11-13-7-3-5-9-15(13)19)23-12-17(24)14-8-4-6-10-16(14)20;/h3-10,17,24H,2,11-12H2,1H3,(H2,21,22,23);1H. The average molecular weight is 461 g/mol. The number of nitrogens with one attached hydrogen (secondary N) is 2. The molecule has 4 nitrogen and oxygen atoms in total. The molecule has 0 aromatic heterocycles. The first-order valence-corrected chi connectivity index (χ1v) is 7.80. The molecule has 0 heterocycles. The molecule has 0 aliphatic carbocycles. The zero-order chi connectivity index (χ0) is 17.4. The number of halogens is 3. The Morgan fingerprint density at radius 1 is 1.04 bits per heavy atom. The Labute approximate surface area is 163 Å². The molecule has 2 aromatic carbocycles. The zero-order valence-electron chi connectivity index (χ0n) is 13.9. The fraction of sp³-hybridized carbons (Fsp3) is 0.278. The van der Waals surface area contributed by atoms with Gasteiger partial charge < -0.3 is 15.7 Å². The molecule has 0 fully saturated rings. The summed E-state index contributed by atoms with van der Waals surface area (Å²) in [6.07, 6.45) is -1.01. The van der Waals surface area contributed by atoms with Gasteiger partial charge in [-0.2, -0.15) is 0 Å². The van der Waals surface area contributed by atoms with Crippen molar-refractivity contribution in [2.75, 3.05) is 13.1 Å². The largest absolute Gasteiger partial charge is 0.386 e. The van der Waals surface area contributed by atoms with Crippen molar-refractivity contribution in [2.24, 2.45) is 4.99 Å². The van der Waals surface area contributed by atoms with Gasteiger partial charge in [0, 0.05) is 24.2 Å². The molecule has 0 aliphatic heterocycles. The SMILES string of the molecule is CCNC(=NCc1ccccc1F)NCC(O)c1ccccc1F.I. The van der Waals surface area contributed by atoms with E-state index in [0.717, 1.165) is 0 Å². The van der Waals surface area contributed by atoms with Crippen LogP contribution in [-0.2, 0) is 6.54 Å². The summed E-state index contributed by atoms with van der Waals surface area (Å²) in [5, 5.41) is 16.0. The van der Waals surface area contributed by atoms with E-state index < -0.39 is 11.9 Å². The summed E-state index contributed by atoms with van der Waals surface area (Å²) < 4.78 is 27.3. The van der Waals surface area contributed by atoms with Crippen LogP contribution in [0.1, 0.15) is 24.2 Å². The maximum atomic E-state index is 13.7. The Morgan fingerprint density at radius 3 is 2.32 bits per heavy atom. The molecule has 0 saturated carbocycles. The van der Waals surface area contributed by atoms with Gasteiger partial charge >= 0.3 is 0 Å². The smallest absolute Gasteiger partial charge is 0.191 e. The van der Waals surface area contributed by atoms with Crippen LogP contribution in [0.15, 0.2) is 53.5 Å². The maximum absolute atomic E-state index is 13.7. The van der Waals surface area contributed by atoms with Crippen LogP contribution in [0.5, 0.6) is 0 Å². The molecular formula is C18H22F2IN3O. The summed E-state index contributed by atoms with van der Waals surface area (Å²) >= 11 is 0. The van der Waals surface area contributed by atoms with Crippen LogP contribution in [0, 0.1) is 11.6 Å². The number of benzene rings is 2. The molecule has 136 valence electrons. The van der Waals surface area contributed by atoms with Gasteiger partial charge in [0.15, 0.2) is 5.96 Å². The number of aliphatic imine (C=N–C) groups is 1. The van der Waals surface area contributed by atoms with Gasteiger partial charge in [0.25, 0.3) is 0 Å². The van der Waals surface area contributed by atoms with Crippen LogP contribution in [0.25, 0.3) is 0 Å². The molecule has 0 radical (unpaired) electrons. The quantitative estimate of drug-likeness (QED) is 0.352. The molecule has 2 rings (SSSR count). The van der Waals surface area contributed by atoms with Gasteiger partial charge in [-0.3, -0.25) is 0 Å². The summed E-state index contributed by atoms with van der Waals surface area (Å²) in [5.74, 6) is -0.347. The lowest BCUT2D eigenvalue weighted by Gasteiger charge is -2.16. The Hall–Kier alpha value is -1.74. The Balaban J connectivity index is 0.00000312. The lowest BCUT2D eigenvalue weighted by Crippen LogP contribution is -2.39. The van der Waals surface area contributed by atoms with Crippen molar-refractivity contribution in [3.05, 3.63) is 71.3 Å². The minimum absolute atomic E-state index is 0. The van der Waals surface area contributed by atoms with Gasteiger partial charge in [0.1, 0.15) is 11.6 Å². The first-order chi connectivity index (χ1) is 11.6. The average Bonchev–Trinajstić information content (AvgIpc) is 2.58. The molecule has 0 spiro atoms. The Bertz CT molecular complexity index is 698. The highest BCUT2D eigenvalue weighted by Gasteiger charge is 2.12. The normalized spacial score (nSPS) is 12.2. The predicted molar refractivity (Wildman–Crippen MR) is 106 cm³/mol. The second-order valence-electron chi connectivity index (χ2n) is 5.20. The number of aliphatic hydroxyl groups is 1. The fourth-order valence-electron chi connectivity index (χ4n) is 2.18. The van der Waals surface area contributed by atoms with Gasteiger partial charge in [-0.05, 0) is 19.1 Å². The number of guanidine groups is 1. The Kier molecular flexibility index (Phi) is 9.36. The molecule has 25 heavy (non-hydrogen) atoms. The molecule has 1 unspecified atom stereocenters. The van der Waals surface area contributed by atoms with E-state index in [0.29, 0.717) is 18.1 Å². The van der Waals surface area contributed by atoms with Gasteiger partial charge in [-0.25, -0.2) is 13.8 Å². The van der Waals surface area contributed by atoms with Crippen LogP contribution >= 0.6 is 24.0 Å². The summed E-state index contributed by atoms with van der Waals surface area (Å²) in [5.41, 5.74) is 0.694. The van der Waals surface area contributed by atoms with Crippen molar-refractivity contribution in [3.8, 4) is 0 Å². The number of hydrogen-bond donors (Lipinski definition) is 3. The van der Waals surface area contributed by atoms with Crippen LogP contribution in [0.4, 0.5) is 8.78 Å². The minimum atomic E-state index is -1.01. The van der Waals surface area contributed by atoms with Crippen molar-refractivity contribution in [2.45, 2.75) is 19.6 Å². The van der Waals surface area contributed by atoms with Crippen molar-refractivity contribution < 1.29 is 13.9 Å². The van der Waals surface area contributed by atoms with Gasteiger partial charge in [-0.1, -0.05) is 36.4 Å². The second-order valence-corrected chi connectivity index (χ2v) is 5.20. The van der Waals surface area contributed by atoms with Crippen molar-refractivity contribution in [3.63, 3.8) is 0 Å². The van der Waals surface area contributed by atoms with Crippen LogP contribution in [0.2, 0.25) is 0 Å². The van der Waals surface area contributed by atoms with Crippen molar-refractivity contribution >= 4 is 29.9 Å². The van der Waals surface area contributed by atoms with E-state index in [1.807, 2.05) is 6.92 Å². The van der Waals surface area contributed by atoms with Gasteiger partial charge in [0.2, 0.25) is 0 Å². The van der Waals surface area contributed by atoms with Crippen LogP contribution in [-0.4, -0.2) is 24.2 Å². The van der Waals surface area contributed by atoms with E-state index in [1.165, 1.54) is 18.2 Å². The molecule has 2 aromatic rings. The van der Waals surface area contributed by atoms with Gasteiger partial charge in [-0.15, -0.1) is 24.0 Å². The summed E-state index contributed by atoms with van der Waals surface area (Å²) in [7, 11) is 0. The van der Waals surface area contributed by atoms with E-state index in [2.05, 4.69) is 15.6 Å². The first kappa shape index (κ1) is 21.3. The number of nitrogens with zero attached hydrogens (tertiary/aromatic N) is 1. The molecular weight excluding hydrogens is 439 g/mol. The molecule has 1 atom stereocenters. The molecule has 0 aliphatic rings. The molecule has 0 bridgehead atoms. The first-order valence-electron chi connectivity index (χ1n) is 7.80. The van der Waals surface area contributed by atoms with Gasteiger partial charge in [0.05, 0.1) is 12.6 Å². The van der Waals surface area contributed by atoms with Crippen LogP contribution in [0.3, 0.4) is 0 Å². The number of hydrogen-bond acceptors (Lipinski definition) is 2. The van der Waals surface area contributed by atoms with E-state index in [4.69, 9.17) is 0 Å². The maximum Gasteiger partial charge on any atom is 0.191 e. The molecule has 0 saturated heterocycles. The highest BCUT2D eigenvalue weighted by molar-refractivity contribution is 14.0. The Morgan fingerprint density at radius 2 is 1.68 bits per heavy atom. The monoisotopic (exact) mass is 461 g/mol. The minimum Gasteiger partial charge on any atom is -0.386 e. The summed E-state index contributed by atoms with van der Waals surface area (Å²) in [6.45, 7) is 2.76. The lowest BCUT2D eigenvalue weighted by molar-refractivity contribution is 0.176. The zero-order valence-corrected chi connectivity index (χ0v) is 16.2. The fourth-order valence-corrected chi connectivity index (χ4v) is 2.18. The third kappa shape index (κ3) is 6.58. The summed E-state index contributed by atoms with van der Waals surface area (Å²) in [4.78, 5) is 4.28. The number of aliphatic hydroxyl groups excluding tert-OH is 1. The van der Waals surface area contributed by atoms with E-state index in [9.17, 15) is 13.9 Å². The highest BCUT2D eigenvalue weighted by atomic mass is 127. The topological polar surface area (TPSA) is 56.7 Å². The molecule has 7 heteroatoms.